The molecule has 9 heteroatoms. The van der Waals surface area contributed by atoms with Crippen LogP contribution in [0, 0.1) is 0 Å². The van der Waals surface area contributed by atoms with Gasteiger partial charge in [0, 0.05) is 22.5 Å². The average Bonchev–Trinajstić information content (AvgIpc) is 2.96. The van der Waals surface area contributed by atoms with Gasteiger partial charge in [-0.15, -0.1) is 10.2 Å². The molecule has 0 amide bonds. The van der Waals surface area contributed by atoms with Crippen molar-refractivity contribution in [2.45, 2.75) is 11.6 Å². The summed E-state index contributed by atoms with van der Waals surface area (Å²) in [5.41, 5.74) is 0.763. The third-order valence-corrected chi connectivity index (χ3v) is 3.55. The molecular weight excluding hydrogens is 330 g/mol. The lowest BCUT2D eigenvalue weighted by Crippen LogP contribution is -2.08. The lowest BCUT2D eigenvalue weighted by molar-refractivity contribution is -0.141. The third-order valence-electron chi connectivity index (χ3n) is 2.55. The van der Waals surface area contributed by atoms with Gasteiger partial charge in [0.15, 0.2) is 0 Å². The summed E-state index contributed by atoms with van der Waals surface area (Å²) in [7, 11) is 1.27. The molecule has 0 saturated carbocycles. The molecular formula is C13H12ClN3O4S. The first-order chi connectivity index (χ1) is 10.6. The van der Waals surface area contributed by atoms with E-state index in [9.17, 15) is 9.59 Å². The van der Waals surface area contributed by atoms with Crippen LogP contribution >= 0.6 is 23.4 Å². The highest BCUT2D eigenvalue weighted by atomic mass is 35.5. The Balaban J connectivity index is 1.96. The van der Waals surface area contributed by atoms with E-state index in [2.05, 4.69) is 14.9 Å². The summed E-state index contributed by atoms with van der Waals surface area (Å²) in [5.74, 6) is -0.442. The van der Waals surface area contributed by atoms with Gasteiger partial charge in [-0.2, -0.15) is 0 Å². The second-order valence-electron chi connectivity index (χ2n) is 3.99. The molecule has 0 fully saturated rings. The van der Waals surface area contributed by atoms with Gasteiger partial charge in [-0.1, -0.05) is 11.6 Å². The molecule has 0 radical (unpaired) electrons. The maximum absolute atomic E-state index is 11.7. The van der Waals surface area contributed by atoms with E-state index < -0.39 is 11.3 Å². The molecule has 116 valence electrons. The number of aromatic nitrogens is 3. The van der Waals surface area contributed by atoms with E-state index in [0.29, 0.717) is 10.2 Å². The number of rotatable bonds is 5. The topological polar surface area (TPSA) is 83.3 Å². The highest BCUT2D eigenvalue weighted by molar-refractivity contribution is 8.13. The number of esters is 1. The van der Waals surface area contributed by atoms with Crippen molar-refractivity contribution >= 4 is 34.6 Å². The zero-order valence-corrected chi connectivity index (χ0v) is 13.1. The van der Waals surface area contributed by atoms with Crippen LogP contribution in [0.15, 0.2) is 35.7 Å². The summed E-state index contributed by atoms with van der Waals surface area (Å²) in [5, 5.41) is 8.02. The van der Waals surface area contributed by atoms with Gasteiger partial charge < -0.3 is 9.47 Å². The predicted octanol–water partition coefficient (Wildman–Crippen LogP) is 2.71. The standard InChI is InChI=1S/C13H12ClN3O4S/c1-20-11(18)6-7-21-13(19)22-12-16-15-8-17(12)10-4-2-9(14)3-5-10/h2-5,8H,6-7H2,1H3. The Bertz CT molecular complexity index is 660. The van der Waals surface area contributed by atoms with Crippen LogP contribution in [0.3, 0.4) is 0 Å². The fourth-order valence-corrected chi connectivity index (χ4v) is 2.25. The van der Waals surface area contributed by atoms with Crippen LogP contribution in [0.2, 0.25) is 5.02 Å². The molecule has 0 aliphatic carbocycles. The lowest BCUT2D eigenvalue weighted by Gasteiger charge is -2.06. The monoisotopic (exact) mass is 341 g/mol. The van der Waals surface area contributed by atoms with Crippen LogP contribution in [-0.4, -0.2) is 39.8 Å². The Kier molecular flexibility index (Phi) is 5.79. The molecule has 0 aliphatic heterocycles. The number of nitrogens with zero attached hydrogens (tertiary/aromatic N) is 3. The minimum absolute atomic E-state index is 0.00662. The minimum Gasteiger partial charge on any atom is -0.469 e. The molecule has 7 nitrogen and oxygen atoms in total. The maximum Gasteiger partial charge on any atom is 0.375 e. The number of thioether (sulfide) groups is 1. The first-order valence-electron chi connectivity index (χ1n) is 6.17. The summed E-state index contributed by atoms with van der Waals surface area (Å²) in [6.45, 7) is -0.0480. The highest BCUT2D eigenvalue weighted by Gasteiger charge is 2.14. The van der Waals surface area contributed by atoms with Crippen molar-refractivity contribution in [2.24, 2.45) is 0 Å². The molecule has 1 aromatic heterocycles. The molecule has 0 bridgehead atoms. The van der Waals surface area contributed by atoms with E-state index in [1.54, 1.807) is 28.8 Å². The molecule has 1 heterocycles. The number of hydrogen-bond donors (Lipinski definition) is 0. The van der Waals surface area contributed by atoms with Crippen molar-refractivity contribution in [2.75, 3.05) is 13.7 Å². The van der Waals surface area contributed by atoms with Crippen LogP contribution in [0.5, 0.6) is 0 Å². The molecule has 22 heavy (non-hydrogen) atoms. The molecule has 0 N–H and O–H groups in total. The Morgan fingerprint density at radius 2 is 2.05 bits per heavy atom. The predicted molar refractivity (Wildman–Crippen MR) is 80.2 cm³/mol. The number of carbonyl (C=O) groups is 2. The minimum atomic E-state index is -0.577. The molecule has 0 spiro atoms. The van der Waals surface area contributed by atoms with Gasteiger partial charge in [0.2, 0.25) is 5.16 Å². The quantitative estimate of drug-likeness (QED) is 0.610. The summed E-state index contributed by atoms with van der Waals surface area (Å²) < 4.78 is 11.0. The highest BCUT2D eigenvalue weighted by Crippen LogP contribution is 2.22. The van der Waals surface area contributed by atoms with Gasteiger partial charge in [-0.25, -0.2) is 4.79 Å². The van der Waals surface area contributed by atoms with Gasteiger partial charge in [0.25, 0.3) is 0 Å². The first kappa shape index (κ1) is 16.3. The Hall–Kier alpha value is -2.06. The zero-order chi connectivity index (χ0) is 15.9. The van der Waals surface area contributed by atoms with Gasteiger partial charge >= 0.3 is 11.3 Å². The number of hydrogen-bond acceptors (Lipinski definition) is 7. The summed E-state index contributed by atoms with van der Waals surface area (Å²) >= 11 is 6.61. The number of halogens is 1. The van der Waals surface area contributed by atoms with Crippen molar-refractivity contribution in [3.05, 3.63) is 35.6 Å². The van der Waals surface area contributed by atoms with Crippen LogP contribution < -0.4 is 0 Å². The number of methoxy groups -OCH3 is 1. The molecule has 0 saturated heterocycles. The second kappa shape index (κ2) is 7.81. The van der Waals surface area contributed by atoms with Crippen molar-refractivity contribution in [3.8, 4) is 5.69 Å². The van der Waals surface area contributed by atoms with E-state index >= 15 is 0 Å². The van der Waals surface area contributed by atoms with Crippen LogP contribution in [-0.2, 0) is 14.3 Å². The Morgan fingerprint density at radius 1 is 1.32 bits per heavy atom. The molecule has 2 aromatic rings. The normalized spacial score (nSPS) is 10.3. The largest absolute Gasteiger partial charge is 0.469 e. The maximum atomic E-state index is 11.7. The number of ether oxygens (including phenoxy) is 2. The Labute approximate surface area is 135 Å². The number of benzene rings is 1. The number of carbonyl (C=O) groups excluding carboxylic acids is 2. The molecule has 0 unspecified atom stereocenters. The van der Waals surface area contributed by atoms with E-state index in [1.807, 2.05) is 0 Å². The third kappa shape index (κ3) is 4.47. The van der Waals surface area contributed by atoms with Gasteiger partial charge in [-0.3, -0.25) is 9.36 Å². The summed E-state index contributed by atoms with van der Waals surface area (Å²) in [6.07, 6.45) is 1.49. The lowest BCUT2D eigenvalue weighted by atomic mass is 10.3. The second-order valence-corrected chi connectivity index (χ2v) is 5.33. The first-order valence-corrected chi connectivity index (χ1v) is 7.37. The zero-order valence-electron chi connectivity index (χ0n) is 11.6. The summed E-state index contributed by atoms with van der Waals surface area (Å²) in [4.78, 5) is 22.6. The van der Waals surface area contributed by atoms with Crippen LogP contribution in [0.25, 0.3) is 5.69 Å². The van der Waals surface area contributed by atoms with E-state index in [0.717, 1.165) is 17.4 Å². The van der Waals surface area contributed by atoms with Crippen LogP contribution in [0.4, 0.5) is 4.79 Å². The van der Waals surface area contributed by atoms with Crippen molar-refractivity contribution < 1.29 is 19.1 Å². The van der Waals surface area contributed by atoms with Crippen molar-refractivity contribution in [1.29, 1.82) is 0 Å². The van der Waals surface area contributed by atoms with Gasteiger partial charge in [-0.05, 0) is 24.3 Å². The van der Waals surface area contributed by atoms with Crippen LogP contribution in [0.1, 0.15) is 6.42 Å². The molecule has 1 aromatic carbocycles. The van der Waals surface area contributed by atoms with Gasteiger partial charge in [0.05, 0.1) is 13.5 Å². The SMILES string of the molecule is COC(=O)CCOC(=O)Sc1nncn1-c1ccc(Cl)cc1. The molecule has 0 atom stereocenters. The summed E-state index contributed by atoms with van der Waals surface area (Å²) in [6, 6.07) is 7.00. The van der Waals surface area contributed by atoms with E-state index in [-0.39, 0.29) is 13.0 Å². The van der Waals surface area contributed by atoms with Gasteiger partial charge in [0.1, 0.15) is 12.9 Å². The average molecular weight is 342 g/mol. The Morgan fingerprint density at radius 3 is 2.73 bits per heavy atom. The smallest absolute Gasteiger partial charge is 0.375 e. The fourth-order valence-electron chi connectivity index (χ4n) is 1.50. The van der Waals surface area contributed by atoms with Crippen molar-refractivity contribution in [1.82, 2.24) is 14.8 Å². The molecule has 2 rings (SSSR count). The van der Waals surface area contributed by atoms with E-state index in [4.69, 9.17) is 16.3 Å². The van der Waals surface area contributed by atoms with Crippen molar-refractivity contribution in [3.63, 3.8) is 0 Å². The fraction of sp³-hybridized carbons (Fsp3) is 0.231. The molecule has 0 aliphatic rings. The van der Waals surface area contributed by atoms with E-state index in [1.165, 1.54) is 13.4 Å².